The van der Waals surface area contributed by atoms with Gasteiger partial charge in [0.25, 0.3) is 0 Å². The molecule has 0 unspecified atom stereocenters. The highest BCUT2D eigenvalue weighted by molar-refractivity contribution is 5.27. The maximum Gasteiger partial charge on any atom is 0.192 e. The van der Waals surface area contributed by atoms with E-state index in [1.54, 1.807) is 18.8 Å². The van der Waals surface area contributed by atoms with E-state index in [4.69, 9.17) is 8.83 Å². The summed E-state index contributed by atoms with van der Waals surface area (Å²) in [6.07, 6.45) is 5.00. The summed E-state index contributed by atoms with van der Waals surface area (Å²) < 4.78 is 9.59. The van der Waals surface area contributed by atoms with Crippen LogP contribution >= 0.6 is 0 Å². The Hall–Kier alpha value is -1.64. The van der Waals surface area contributed by atoms with Gasteiger partial charge in [-0.05, 0) is 24.6 Å². The van der Waals surface area contributed by atoms with Crippen LogP contribution in [0.15, 0.2) is 45.8 Å². The van der Waals surface area contributed by atoms with Crippen molar-refractivity contribution in [1.82, 2.24) is 0 Å². The molecule has 0 bridgehead atoms. The largest absolute Gasteiger partial charge is 0.472 e. The highest BCUT2D eigenvalue weighted by Gasteiger charge is 1.82. The van der Waals surface area contributed by atoms with E-state index in [1.807, 2.05) is 46.0 Å². The van der Waals surface area contributed by atoms with Crippen molar-refractivity contribution in [2.75, 3.05) is 12.4 Å². The molecule has 0 saturated heterocycles. The standard InChI is InChI=1S/C5H7NO.C5H6O.C2H6/c1-6-5-3-2-4-7-5;1-5-2-3-6-4-5;1-2/h2-4,6H,1H3;2-4H,1H3;1-2H3. The minimum atomic E-state index is 0.806. The smallest absolute Gasteiger partial charge is 0.192 e. The average molecular weight is 209 g/mol. The zero-order valence-electron chi connectivity index (χ0n) is 9.78. The number of hydrogen-bond acceptors (Lipinski definition) is 3. The number of aryl methyl sites for hydroxylation is 1. The van der Waals surface area contributed by atoms with Crippen molar-refractivity contribution in [3.63, 3.8) is 0 Å². The van der Waals surface area contributed by atoms with Gasteiger partial charge < -0.3 is 14.2 Å². The molecule has 0 atom stereocenters. The molecule has 0 radical (unpaired) electrons. The summed E-state index contributed by atoms with van der Waals surface area (Å²) in [7, 11) is 1.82. The normalized spacial score (nSPS) is 8.00. The Balaban J connectivity index is 0.000000227. The van der Waals surface area contributed by atoms with E-state index in [1.165, 1.54) is 5.56 Å². The third-order valence-electron chi connectivity index (χ3n) is 1.43. The quantitative estimate of drug-likeness (QED) is 0.773. The van der Waals surface area contributed by atoms with Crippen LogP contribution in [0.5, 0.6) is 0 Å². The van der Waals surface area contributed by atoms with Gasteiger partial charge in [-0.3, -0.25) is 0 Å². The van der Waals surface area contributed by atoms with Crippen LogP contribution in [0.2, 0.25) is 0 Å². The van der Waals surface area contributed by atoms with Gasteiger partial charge in [0, 0.05) is 13.1 Å². The summed E-state index contributed by atoms with van der Waals surface area (Å²) in [6.45, 7) is 5.99. The summed E-state index contributed by atoms with van der Waals surface area (Å²) in [5, 5.41) is 2.84. The Morgan fingerprint density at radius 2 is 1.87 bits per heavy atom. The van der Waals surface area contributed by atoms with Crippen molar-refractivity contribution >= 4 is 5.88 Å². The van der Waals surface area contributed by atoms with Gasteiger partial charge >= 0.3 is 0 Å². The topological polar surface area (TPSA) is 38.3 Å². The third kappa shape index (κ3) is 6.43. The van der Waals surface area contributed by atoms with Crippen molar-refractivity contribution < 1.29 is 8.83 Å². The van der Waals surface area contributed by atoms with E-state index in [9.17, 15) is 0 Å². The summed E-state index contributed by atoms with van der Waals surface area (Å²) in [6, 6.07) is 5.62. The van der Waals surface area contributed by atoms with Crippen LogP contribution in [0.1, 0.15) is 19.4 Å². The van der Waals surface area contributed by atoms with E-state index in [2.05, 4.69) is 5.32 Å². The lowest BCUT2D eigenvalue weighted by Crippen LogP contribution is -1.81. The molecule has 2 aromatic rings. The number of hydrogen-bond donors (Lipinski definition) is 1. The maximum absolute atomic E-state index is 4.87. The molecule has 0 aliphatic heterocycles. The molecule has 2 aromatic heterocycles. The van der Waals surface area contributed by atoms with E-state index >= 15 is 0 Å². The molecule has 3 heteroatoms. The summed E-state index contributed by atoms with van der Waals surface area (Å²) in [5.41, 5.74) is 1.18. The van der Waals surface area contributed by atoms with Crippen molar-refractivity contribution in [3.8, 4) is 0 Å². The molecule has 0 amide bonds. The fourth-order valence-corrected chi connectivity index (χ4v) is 0.753. The minimum absolute atomic E-state index is 0.806. The predicted molar refractivity (Wildman–Crippen MR) is 63.0 cm³/mol. The Morgan fingerprint density at radius 1 is 1.13 bits per heavy atom. The Bertz CT molecular complexity index is 298. The van der Waals surface area contributed by atoms with Crippen LogP contribution < -0.4 is 5.32 Å². The molecule has 0 fully saturated rings. The van der Waals surface area contributed by atoms with Crippen LogP contribution in [0.4, 0.5) is 5.88 Å². The SMILES string of the molecule is CC.CNc1ccco1.Cc1ccoc1. The zero-order valence-corrected chi connectivity index (χ0v) is 9.78. The first-order chi connectivity index (χ1) is 7.33. The van der Waals surface area contributed by atoms with E-state index in [0.717, 1.165) is 5.88 Å². The van der Waals surface area contributed by atoms with Crippen LogP contribution in [0.25, 0.3) is 0 Å². The van der Waals surface area contributed by atoms with E-state index in [-0.39, 0.29) is 0 Å². The van der Waals surface area contributed by atoms with Gasteiger partial charge in [0.1, 0.15) is 0 Å². The summed E-state index contributed by atoms with van der Waals surface area (Å²) in [4.78, 5) is 0. The predicted octanol–water partition coefficient (Wildman–Crippen LogP) is 3.94. The first-order valence-corrected chi connectivity index (χ1v) is 5.03. The Morgan fingerprint density at radius 3 is 2.07 bits per heavy atom. The van der Waals surface area contributed by atoms with Gasteiger partial charge in [-0.1, -0.05) is 13.8 Å². The van der Waals surface area contributed by atoms with Crippen molar-refractivity contribution in [3.05, 3.63) is 42.6 Å². The molecule has 0 aliphatic carbocycles. The molecule has 2 rings (SSSR count). The molecule has 1 N–H and O–H groups in total. The highest BCUT2D eigenvalue weighted by Crippen LogP contribution is 2.03. The molecule has 84 valence electrons. The van der Waals surface area contributed by atoms with Gasteiger partial charge in [-0.25, -0.2) is 0 Å². The van der Waals surface area contributed by atoms with Crippen LogP contribution in [0, 0.1) is 6.92 Å². The highest BCUT2D eigenvalue weighted by atomic mass is 16.3. The molecular weight excluding hydrogens is 190 g/mol. The number of nitrogens with one attached hydrogen (secondary N) is 1. The maximum atomic E-state index is 4.87. The first kappa shape index (κ1) is 13.4. The Kier molecular flexibility index (Phi) is 7.96. The fourth-order valence-electron chi connectivity index (χ4n) is 0.753. The zero-order chi connectivity index (χ0) is 11.5. The number of anilines is 1. The molecule has 3 nitrogen and oxygen atoms in total. The van der Waals surface area contributed by atoms with Gasteiger partial charge in [-0.2, -0.15) is 0 Å². The molecule has 0 aromatic carbocycles. The molecule has 2 heterocycles. The lowest BCUT2D eigenvalue weighted by Gasteiger charge is -1.85. The minimum Gasteiger partial charge on any atom is -0.472 e. The van der Waals surface area contributed by atoms with E-state index in [0.29, 0.717) is 0 Å². The van der Waals surface area contributed by atoms with Gasteiger partial charge in [0.05, 0.1) is 18.8 Å². The first-order valence-electron chi connectivity index (χ1n) is 5.03. The monoisotopic (exact) mass is 209 g/mol. The number of rotatable bonds is 1. The Labute approximate surface area is 91.1 Å². The van der Waals surface area contributed by atoms with Crippen LogP contribution in [-0.2, 0) is 0 Å². The van der Waals surface area contributed by atoms with Gasteiger partial charge in [-0.15, -0.1) is 0 Å². The fraction of sp³-hybridized carbons (Fsp3) is 0.333. The third-order valence-corrected chi connectivity index (χ3v) is 1.43. The molecular formula is C12H19NO2. The lowest BCUT2D eigenvalue weighted by atomic mass is 10.4. The van der Waals surface area contributed by atoms with Crippen molar-refractivity contribution in [1.29, 1.82) is 0 Å². The second-order valence-electron chi connectivity index (χ2n) is 2.53. The summed E-state index contributed by atoms with van der Waals surface area (Å²) in [5.74, 6) is 0.806. The van der Waals surface area contributed by atoms with Crippen molar-refractivity contribution in [2.24, 2.45) is 0 Å². The van der Waals surface area contributed by atoms with Crippen molar-refractivity contribution in [2.45, 2.75) is 20.8 Å². The molecule has 0 saturated carbocycles. The van der Waals surface area contributed by atoms with Crippen LogP contribution in [0.3, 0.4) is 0 Å². The van der Waals surface area contributed by atoms with Crippen LogP contribution in [-0.4, -0.2) is 7.05 Å². The average Bonchev–Trinajstić information content (AvgIpc) is 2.93. The van der Waals surface area contributed by atoms with E-state index < -0.39 is 0 Å². The lowest BCUT2D eigenvalue weighted by molar-refractivity contribution is 0.565. The molecule has 0 spiro atoms. The second-order valence-corrected chi connectivity index (χ2v) is 2.53. The summed E-state index contributed by atoms with van der Waals surface area (Å²) >= 11 is 0. The number of furan rings is 2. The molecule has 15 heavy (non-hydrogen) atoms. The second kappa shape index (κ2) is 8.94. The molecule has 0 aliphatic rings. The van der Waals surface area contributed by atoms with Gasteiger partial charge in [0.15, 0.2) is 5.88 Å². The van der Waals surface area contributed by atoms with Gasteiger partial charge in [0.2, 0.25) is 0 Å².